The number of aliphatic carboxylic acids is 2. The fraction of sp³-hybridized carbons (Fsp3) is 0.500. The van der Waals surface area contributed by atoms with Crippen molar-refractivity contribution in [1.29, 1.82) is 0 Å². The maximum atomic E-state index is 9.55. The number of para-hydroxylation sites is 1. The molecule has 0 amide bonds. The molecule has 2 fully saturated rings. The number of hydrogen-bond donors (Lipinski definition) is 2. The third-order valence-electron chi connectivity index (χ3n) is 4.56. The van der Waals surface area contributed by atoms with E-state index in [1.165, 1.54) is 32.4 Å². The van der Waals surface area contributed by atoms with Gasteiger partial charge in [-0.1, -0.05) is 30.2 Å². The number of nitrogens with zero attached hydrogens (tertiary/aromatic N) is 1. The van der Waals surface area contributed by atoms with E-state index in [0.29, 0.717) is 23.8 Å². The Labute approximate surface area is 169 Å². The predicted molar refractivity (Wildman–Crippen MR) is 105 cm³/mol. The maximum Gasteiger partial charge on any atom is 0.328 e. The standard InChI is InChI=1S/C16H22ClNO2.C4H4O4/c17-14-6-2-3-7-15(14)20-13-16(11-19-12-16)10-18-8-4-1-5-9-18;5-3(6)1-2-4(7)8/h2-3,6-7H,1,4-5,8-13H2;1-2H,(H,5,6)(H,7,8)/b;2-1-. The molecule has 2 saturated heterocycles. The van der Waals surface area contributed by atoms with Gasteiger partial charge in [-0.2, -0.15) is 0 Å². The summed E-state index contributed by atoms with van der Waals surface area (Å²) in [5, 5.41) is 16.3. The Balaban J connectivity index is 0.000000300. The van der Waals surface area contributed by atoms with Gasteiger partial charge >= 0.3 is 11.9 Å². The molecule has 0 unspecified atom stereocenters. The molecule has 0 aromatic heterocycles. The molecule has 1 aromatic rings. The highest BCUT2D eigenvalue weighted by atomic mass is 35.5. The Morgan fingerprint density at radius 2 is 1.71 bits per heavy atom. The van der Waals surface area contributed by atoms with Crippen molar-refractivity contribution in [1.82, 2.24) is 4.90 Å². The predicted octanol–water partition coefficient (Wildman–Crippen LogP) is 2.93. The minimum absolute atomic E-state index is 0.149. The second kappa shape index (κ2) is 11.0. The molecule has 2 aliphatic rings. The van der Waals surface area contributed by atoms with Crippen LogP contribution in [0.25, 0.3) is 0 Å². The molecule has 0 radical (unpaired) electrons. The number of halogens is 1. The summed E-state index contributed by atoms with van der Waals surface area (Å²) >= 11 is 6.14. The minimum atomic E-state index is -1.26. The van der Waals surface area contributed by atoms with Crippen LogP contribution in [0.5, 0.6) is 5.75 Å². The molecule has 2 N–H and O–H groups in total. The molecule has 0 saturated carbocycles. The molecular weight excluding hydrogens is 386 g/mol. The van der Waals surface area contributed by atoms with Crippen molar-refractivity contribution in [2.75, 3.05) is 39.5 Å². The lowest BCUT2D eigenvalue weighted by molar-refractivity contribution is -0.145. The van der Waals surface area contributed by atoms with E-state index in [1.54, 1.807) is 0 Å². The average molecular weight is 412 g/mol. The lowest BCUT2D eigenvalue weighted by Crippen LogP contribution is -2.55. The molecular formula is C20H26ClNO6. The lowest BCUT2D eigenvalue weighted by Gasteiger charge is -2.45. The molecule has 0 atom stereocenters. The fourth-order valence-corrected chi connectivity index (χ4v) is 3.33. The molecule has 7 nitrogen and oxygen atoms in total. The molecule has 2 heterocycles. The second-order valence-corrected chi connectivity index (χ2v) is 7.47. The van der Waals surface area contributed by atoms with Gasteiger partial charge in [0, 0.05) is 18.7 Å². The SMILES string of the molecule is Clc1ccccc1OCC1(CN2CCCCC2)COC1.O=C(O)/C=C\C(=O)O. The number of hydrogen-bond acceptors (Lipinski definition) is 5. The Hall–Kier alpha value is -2.09. The van der Waals surface area contributed by atoms with Crippen molar-refractivity contribution in [2.45, 2.75) is 19.3 Å². The van der Waals surface area contributed by atoms with Gasteiger partial charge in [-0.25, -0.2) is 9.59 Å². The first-order valence-corrected chi connectivity index (χ1v) is 9.59. The maximum absolute atomic E-state index is 9.55. The van der Waals surface area contributed by atoms with Gasteiger partial charge in [-0.3, -0.25) is 0 Å². The van der Waals surface area contributed by atoms with Crippen molar-refractivity contribution in [3.8, 4) is 5.75 Å². The minimum Gasteiger partial charge on any atom is -0.491 e. The van der Waals surface area contributed by atoms with E-state index in [2.05, 4.69) is 4.90 Å². The molecule has 0 aliphatic carbocycles. The zero-order chi connectivity index (χ0) is 20.4. The highest BCUT2D eigenvalue weighted by Gasteiger charge is 2.41. The van der Waals surface area contributed by atoms with E-state index < -0.39 is 11.9 Å². The summed E-state index contributed by atoms with van der Waals surface area (Å²) in [5.41, 5.74) is 0.149. The Morgan fingerprint density at radius 3 is 2.21 bits per heavy atom. The van der Waals surface area contributed by atoms with Crippen LogP contribution < -0.4 is 4.74 Å². The third kappa shape index (κ3) is 7.50. The lowest BCUT2D eigenvalue weighted by atomic mass is 9.85. The van der Waals surface area contributed by atoms with E-state index in [1.807, 2.05) is 24.3 Å². The third-order valence-corrected chi connectivity index (χ3v) is 4.88. The number of likely N-dealkylation sites (tertiary alicyclic amines) is 1. The highest BCUT2D eigenvalue weighted by Crippen LogP contribution is 2.32. The van der Waals surface area contributed by atoms with Crippen molar-refractivity contribution >= 4 is 23.5 Å². The van der Waals surface area contributed by atoms with E-state index in [0.717, 1.165) is 25.5 Å². The Morgan fingerprint density at radius 1 is 1.11 bits per heavy atom. The molecule has 0 bridgehead atoms. The molecule has 0 spiro atoms. The summed E-state index contributed by atoms with van der Waals surface area (Å²) in [6, 6.07) is 7.67. The number of carboxylic acid groups (broad SMARTS) is 2. The van der Waals surface area contributed by atoms with Gasteiger partial charge in [0.25, 0.3) is 0 Å². The summed E-state index contributed by atoms with van der Waals surface area (Å²) in [5.74, 6) is -1.74. The van der Waals surface area contributed by atoms with Crippen LogP contribution in [0.3, 0.4) is 0 Å². The second-order valence-electron chi connectivity index (χ2n) is 7.06. The summed E-state index contributed by atoms with van der Waals surface area (Å²) < 4.78 is 11.4. The fourth-order valence-electron chi connectivity index (χ4n) is 3.14. The topological polar surface area (TPSA) is 96.3 Å². The van der Waals surface area contributed by atoms with Gasteiger partial charge in [0.05, 0.1) is 30.3 Å². The first-order chi connectivity index (χ1) is 13.4. The highest BCUT2D eigenvalue weighted by molar-refractivity contribution is 6.32. The summed E-state index contributed by atoms with van der Waals surface area (Å²) in [6.45, 7) is 5.80. The molecule has 3 rings (SSSR count). The van der Waals surface area contributed by atoms with Gasteiger partial charge in [0.15, 0.2) is 0 Å². The van der Waals surface area contributed by atoms with Gasteiger partial charge in [0.2, 0.25) is 0 Å². The number of piperidine rings is 1. The van der Waals surface area contributed by atoms with Gasteiger partial charge in [-0.05, 0) is 38.1 Å². The van der Waals surface area contributed by atoms with E-state index in [4.69, 9.17) is 31.3 Å². The summed E-state index contributed by atoms with van der Waals surface area (Å²) in [7, 11) is 0. The summed E-state index contributed by atoms with van der Waals surface area (Å²) in [4.78, 5) is 21.7. The quantitative estimate of drug-likeness (QED) is 0.666. The van der Waals surface area contributed by atoms with Crippen molar-refractivity contribution < 1.29 is 29.3 Å². The Bertz CT molecular complexity index is 667. The van der Waals surface area contributed by atoms with Gasteiger partial charge < -0.3 is 24.6 Å². The zero-order valence-electron chi connectivity index (χ0n) is 15.7. The van der Waals surface area contributed by atoms with Crippen molar-refractivity contribution in [2.24, 2.45) is 5.41 Å². The van der Waals surface area contributed by atoms with Crippen LogP contribution in [0, 0.1) is 5.41 Å². The number of carbonyl (C=O) groups is 2. The zero-order valence-corrected chi connectivity index (χ0v) is 16.4. The van der Waals surface area contributed by atoms with Crippen LogP contribution in [0.15, 0.2) is 36.4 Å². The van der Waals surface area contributed by atoms with Crippen LogP contribution in [-0.4, -0.2) is 66.5 Å². The molecule has 154 valence electrons. The van der Waals surface area contributed by atoms with Gasteiger partial charge in [-0.15, -0.1) is 0 Å². The first kappa shape index (κ1) is 22.2. The largest absolute Gasteiger partial charge is 0.491 e. The number of carboxylic acids is 2. The van der Waals surface area contributed by atoms with E-state index >= 15 is 0 Å². The monoisotopic (exact) mass is 411 g/mol. The normalized spacial score (nSPS) is 18.6. The van der Waals surface area contributed by atoms with Crippen LogP contribution in [-0.2, 0) is 14.3 Å². The molecule has 8 heteroatoms. The van der Waals surface area contributed by atoms with Crippen molar-refractivity contribution in [3.63, 3.8) is 0 Å². The molecule has 1 aromatic carbocycles. The average Bonchev–Trinajstić information content (AvgIpc) is 2.64. The van der Waals surface area contributed by atoms with E-state index in [-0.39, 0.29) is 5.41 Å². The number of benzene rings is 1. The smallest absolute Gasteiger partial charge is 0.328 e. The van der Waals surface area contributed by atoms with E-state index in [9.17, 15) is 9.59 Å². The number of ether oxygens (including phenoxy) is 2. The van der Waals surface area contributed by atoms with Crippen LogP contribution in [0.1, 0.15) is 19.3 Å². The van der Waals surface area contributed by atoms with Gasteiger partial charge in [0.1, 0.15) is 5.75 Å². The van der Waals surface area contributed by atoms with Crippen LogP contribution in [0.2, 0.25) is 5.02 Å². The molecule has 2 aliphatic heterocycles. The number of rotatable bonds is 7. The van der Waals surface area contributed by atoms with Crippen LogP contribution >= 0.6 is 11.6 Å². The molecule has 28 heavy (non-hydrogen) atoms. The van der Waals surface area contributed by atoms with Crippen molar-refractivity contribution in [3.05, 3.63) is 41.4 Å². The Kier molecular flexibility index (Phi) is 8.76. The van der Waals surface area contributed by atoms with Crippen LogP contribution in [0.4, 0.5) is 0 Å². The summed E-state index contributed by atoms with van der Waals surface area (Å²) in [6.07, 6.45) is 5.13. The first-order valence-electron chi connectivity index (χ1n) is 9.22.